The molecule has 0 bridgehead atoms. The van der Waals surface area contributed by atoms with E-state index in [0.717, 1.165) is 11.3 Å². The van der Waals surface area contributed by atoms with Gasteiger partial charge in [-0.1, -0.05) is 5.16 Å². The Kier molecular flexibility index (Phi) is 4.49. The van der Waals surface area contributed by atoms with E-state index >= 15 is 0 Å². The average molecular weight is 292 g/mol. The number of nitro groups is 1. The van der Waals surface area contributed by atoms with E-state index < -0.39 is 4.92 Å². The number of ether oxygens (including phenoxy) is 1. The van der Waals surface area contributed by atoms with Crippen molar-refractivity contribution in [3.63, 3.8) is 0 Å². The Balaban J connectivity index is 2.26. The first-order chi connectivity index (χ1) is 10.0. The zero-order valence-corrected chi connectivity index (χ0v) is 12.1. The molecule has 21 heavy (non-hydrogen) atoms. The van der Waals surface area contributed by atoms with Crippen LogP contribution >= 0.6 is 0 Å². The number of non-ortho nitro benzene ring substituents is 1. The first-order valence-electron chi connectivity index (χ1n) is 6.28. The van der Waals surface area contributed by atoms with Crippen LogP contribution in [0.25, 0.3) is 0 Å². The van der Waals surface area contributed by atoms with Crippen molar-refractivity contribution in [3.8, 4) is 0 Å². The molecule has 2 aromatic rings. The van der Waals surface area contributed by atoms with Crippen LogP contribution in [0.3, 0.4) is 0 Å². The van der Waals surface area contributed by atoms with Crippen LogP contribution in [0.2, 0.25) is 0 Å². The van der Waals surface area contributed by atoms with Crippen molar-refractivity contribution in [2.24, 2.45) is 0 Å². The number of rotatable bonds is 6. The molecule has 0 N–H and O–H groups in total. The minimum atomic E-state index is -0.425. The van der Waals surface area contributed by atoms with Crippen molar-refractivity contribution in [1.82, 2.24) is 10.1 Å². The number of anilines is 1. The van der Waals surface area contributed by atoms with Crippen LogP contribution in [0.4, 0.5) is 11.4 Å². The van der Waals surface area contributed by atoms with Gasteiger partial charge in [-0.25, -0.2) is 0 Å². The second-order valence-electron chi connectivity index (χ2n) is 4.59. The Morgan fingerprint density at radius 3 is 2.81 bits per heavy atom. The SMILES string of the molecule is COCc1cc([N+](=O)[O-])ccc1N(C)Cc1noc(C)n1. The molecule has 8 heteroatoms. The molecule has 0 aliphatic carbocycles. The number of hydrogen-bond donors (Lipinski definition) is 0. The lowest BCUT2D eigenvalue weighted by molar-refractivity contribution is -0.384. The van der Waals surface area contributed by atoms with Gasteiger partial charge in [-0.3, -0.25) is 10.1 Å². The summed E-state index contributed by atoms with van der Waals surface area (Å²) in [5.41, 5.74) is 1.59. The molecule has 1 aromatic carbocycles. The number of aryl methyl sites for hydroxylation is 1. The van der Waals surface area contributed by atoms with Crippen LogP contribution in [0, 0.1) is 17.0 Å². The standard InChI is InChI=1S/C13H16N4O4/c1-9-14-13(15-21-9)7-16(2)12-5-4-11(17(18)19)6-10(12)8-20-3/h4-6H,7-8H2,1-3H3. The fourth-order valence-corrected chi connectivity index (χ4v) is 2.03. The lowest BCUT2D eigenvalue weighted by Crippen LogP contribution is -2.19. The van der Waals surface area contributed by atoms with Crippen LogP contribution in [0.15, 0.2) is 22.7 Å². The molecule has 1 aromatic heterocycles. The van der Waals surface area contributed by atoms with Crippen LogP contribution in [-0.4, -0.2) is 29.2 Å². The minimum Gasteiger partial charge on any atom is -0.380 e. The van der Waals surface area contributed by atoms with Crippen LogP contribution in [-0.2, 0) is 17.9 Å². The predicted molar refractivity (Wildman–Crippen MR) is 75.0 cm³/mol. The quantitative estimate of drug-likeness (QED) is 0.594. The lowest BCUT2D eigenvalue weighted by Gasteiger charge is -2.20. The summed E-state index contributed by atoms with van der Waals surface area (Å²) >= 11 is 0. The lowest BCUT2D eigenvalue weighted by atomic mass is 10.1. The van der Waals surface area contributed by atoms with Gasteiger partial charge in [0.25, 0.3) is 5.69 Å². The van der Waals surface area contributed by atoms with Gasteiger partial charge in [0.1, 0.15) is 0 Å². The van der Waals surface area contributed by atoms with Gasteiger partial charge in [0.15, 0.2) is 5.82 Å². The Hall–Kier alpha value is -2.48. The van der Waals surface area contributed by atoms with E-state index in [1.54, 1.807) is 20.1 Å². The smallest absolute Gasteiger partial charge is 0.269 e. The van der Waals surface area contributed by atoms with Gasteiger partial charge in [-0.15, -0.1) is 0 Å². The van der Waals surface area contributed by atoms with Gasteiger partial charge in [0, 0.05) is 44.5 Å². The second-order valence-corrected chi connectivity index (χ2v) is 4.59. The Bertz CT molecular complexity index is 641. The summed E-state index contributed by atoms with van der Waals surface area (Å²) < 4.78 is 10.0. The minimum absolute atomic E-state index is 0.0367. The number of methoxy groups -OCH3 is 1. The van der Waals surface area contributed by atoms with Crippen molar-refractivity contribution < 1.29 is 14.2 Å². The highest BCUT2D eigenvalue weighted by molar-refractivity contribution is 5.57. The summed E-state index contributed by atoms with van der Waals surface area (Å²) in [4.78, 5) is 16.5. The number of hydrogen-bond acceptors (Lipinski definition) is 7. The zero-order valence-electron chi connectivity index (χ0n) is 12.1. The van der Waals surface area contributed by atoms with Gasteiger partial charge >= 0.3 is 0 Å². The average Bonchev–Trinajstić information content (AvgIpc) is 2.84. The van der Waals surface area contributed by atoms with Crippen molar-refractivity contribution in [2.75, 3.05) is 19.1 Å². The molecular weight excluding hydrogens is 276 g/mol. The first kappa shape index (κ1) is 14.9. The molecule has 0 saturated heterocycles. The van der Waals surface area contributed by atoms with Gasteiger partial charge in [0.05, 0.1) is 18.1 Å². The Morgan fingerprint density at radius 1 is 1.48 bits per heavy atom. The highest BCUT2D eigenvalue weighted by atomic mass is 16.6. The maximum Gasteiger partial charge on any atom is 0.269 e. The Morgan fingerprint density at radius 2 is 2.24 bits per heavy atom. The molecule has 0 unspecified atom stereocenters. The van der Waals surface area contributed by atoms with E-state index in [-0.39, 0.29) is 12.3 Å². The normalized spacial score (nSPS) is 10.6. The van der Waals surface area contributed by atoms with Crippen LogP contribution < -0.4 is 4.90 Å². The maximum atomic E-state index is 10.9. The number of benzene rings is 1. The second kappa shape index (κ2) is 6.31. The molecule has 2 rings (SSSR count). The van der Waals surface area contributed by atoms with Gasteiger partial charge in [0.2, 0.25) is 5.89 Å². The van der Waals surface area contributed by atoms with Crippen molar-refractivity contribution in [2.45, 2.75) is 20.1 Å². The van der Waals surface area contributed by atoms with E-state index in [1.165, 1.54) is 12.1 Å². The van der Waals surface area contributed by atoms with Gasteiger partial charge < -0.3 is 14.2 Å². The van der Waals surface area contributed by atoms with E-state index in [0.29, 0.717) is 18.3 Å². The molecular formula is C13H16N4O4. The molecule has 112 valence electrons. The van der Waals surface area contributed by atoms with Gasteiger partial charge in [-0.2, -0.15) is 4.98 Å². The first-order valence-corrected chi connectivity index (χ1v) is 6.28. The summed E-state index contributed by atoms with van der Waals surface area (Å²) in [5, 5.41) is 14.7. The molecule has 8 nitrogen and oxygen atoms in total. The summed E-state index contributed by atoms with van der Waals surface area (Å²) in [7, 11) is 3.40. The summed E-state index contributed by atoms with van der Waals surface area (Å²) in [6, 6.07) is 4.67. The highest BCUT2D eigenvalue weighted by Crippen LogP contribution is 2.26. The van der Waals surface area contributed by atoms with Gasteiger partial charge in [-0.05, 0) is 6.07 Å². The molecule has 0 fully saturated rings. The zero-order chi connectivity index (χ0) is 15.4. The third-order valence-corrected chi connectivity index (χ3v) is 2.93. The fraction of sp³-hybridized carbons (Fsp3) is 0.385. The highest BCUT2D eigenvalue weighted by Gasteiger charge is 2.15. The third-order valence-electron chi connectivity index (χ3n) is 2.93. The summed E-state index contributed by atoms with van der Waals surface area (Å²) in [6.07, 6.45) is 0. The number of nitro benzene ring substituents is 1. The monoisotopic (exact) mass is 292 g/mol. The van der Waals surface area contributed by atoms with Crippen molar-refractivity contribution in [3.05, 3.63) is 45.6 Å². The van der Waals surface area contributed by atoms with E-state index in [1.807, 2.05) is 11.9 Å². The summed E-state index contributed by atoms with van der Waals surface area (Å²) in [5.74, 6) is 1.05. The molecule has 0 atom stereocenters. The fourth-order valence-electron chi connectivity index (χ4n) is 2.03. The molecule has 0 spiro atoms. The largest absolute Gasteiger partial charge is 0.380 e. The van der Waals surface area contributed by atoms with E-state index in [9.17, 15) is 10.1 Å². The van der Waals surface area contributed by atoms with Crippen LogP contribution in [0.5, 0.6) is 0 Å². The third kappa shape index (κ3) is 3.54. The van der Waals surface area contributed by atoms with Crippen molar-refractivity contribution in [1.29, 1.82) is 0 Å². The maximum absolute atomic E-state index is 10.9. The molecule has 0 saturated carbocycles. The van der Waals surface area contributed by atoms with Crippen molar-refractivity contribution >= 4 is 11.4 Å². The summed E-state index contributed by atoms with van der Waals surface area (Å²) in [6.45, 7) is 2.44. The molecule has 0 radical (unpaired) electrons. The van der Waals surface area contributed by atoms with Crippen LogP contribution in [0.1, 0.15) is 17.3 Å². The predicted octanol–water partition coefficient (Wildman–Crippen LogP) is 2.07. The molecule has 0 amide bonds. The molecule has 0 aliphatic heterocycles. The molecule has 0 aliphatic rings. The number of aromatic nitrogens is 2. The van der Waals surface area contributed by atoms with E-state index in [2.05, 4.69) is 10.1 Å². The Labute approximate surface area is 121 Å². The molecule has 1 heterocycles. The topological polar surface area (TPSA) is 94.5 Å². The van der Waals surface area contributed by atoms with E-state index in [4.69, 9.17) is 9.26 Å². The number of nitrogens with zero attached hydrogens (tertiary/aromatic N) is 4.